The average molecular weight is 701 g/mol. The summed E-state index contributed by atoms with van der Waals surface area (Å²) in [6.07, 6.45) is 0. The van der Waals surface area contributed by atoms with E-state index >= 15 is 0 Å². The SMILES string of the molecule is O=C(O)c1ccc(C(=O)OC(=O)c2ccc(C(=O)O)cc2C(=O)O)c(C(=O)O)c1.O=C1OC(=O)c2ccccc21.OCCOCCOCCO. The van der Waals surface area contributed by atoms with Gasteiger partial charge in [0, 0.05) is 0 Å². The maximum atomic E-state index is 12.2. The minimum atomic E-state index is -1.66. The number of fused-ring (bicyclic) bond motifs is 1. The summed E-state index contributed by atoms with van der Waals surface area (Å²) in [5.74, 6) is -10.3. The van der Waals surface area contributed by atoms with Crippen LogP contribution in [-0.2, 0) is 18.9 Å². The summed E-state index contributed by atoms with van der Waals surface area (Å²) in [5, 5.41) is 52.6. The molecule has 18 nitrogen and oxygen atoms in total. The van der Waals surface area contributed by atoms with Gasteiger partial charge in [0.1, 0.15) is 0 Å². The summed E-state index contributed by atoms with van der Waals surface area (Å²) in [5.41, 5.74) is -2.92. The van der Waals surface area contributed by atoms with E-state index < -0.39 is 81.1 Å². The number of ether oxygens (including phenoxy) is 4. The summed E-state index contributed by atoms with van der Waals surface area (Å²) < 4.78 is 18.6. The van der Waals surface area contributed by atoms with Crippen LogP contribution in [0, 0.1) is 0 Å². The van der Waals surface area contributed by atoms with E-state index in [2.05, 4.69) is 9.47 Å². The molecule has 1 heterocycles. The van der Waals surface area contributed by atoms with Gasteiger partial charge in [-0.15, -0.1) is 0 Å². The van der Waals surface area contributed by atoms with Crippen molar-refractivity contribution < 1.29 is 87.9 Å². The number of aromatic carboxylic acids is 4. The third kappa shape index (κ3) is 11.4. The highest BCUT2D eigenvalue weighted by Crippen LogP contribution is 2.19. The minimum Gasteiger partial charge on any atom is -0.478 e. The zero-order valence-corrected chi connectivity index (χ0v) is 25.6. The van der Waals surface area contributed by atoms with Crippen molar-refractivity contribution in [2.75, 3.05) is 39.6 Å². The number of rotatable bonds is 13. The lowest BCUT2D eigenvalue weighted by Gasteiger charge is -2.09. The maximum Gasteiger partial charge on any atom is 0.346 e. The predicted molar refractivity (Wildman–Crippen MR) is 162 cm³/mol. The summed E-state index contributed by atoms with van der Waals surface area (Å²) >= 11 is 0. The molecule has 3 aromatic rings. The van der Waals surface area contributed by atoms with Gasteiger partial charge in [-0.2, -0.15) is 0 Å². The number of hydrogen-bond donors (Lipinski definition) is 6. The van der Waals surface area contributed by atoms with Gasteiger partial charge < -0.3 is 49.6 Å². The molecule has 264 valence electrons. The molecule has 0 aromatic heterocycles. The molecule has 1 aliphatic heterocycles. The van der Waals surface area contributed by atoms with Gasteiger partial charge in [-0.3, -0.25) is 0 Å². The number of carboxylic acid groups (broad SMARTS) is 4. The second-order valence-corrected chi connectivity index (χ2v) is 9.31. The molecule has 0 aliphatic carbocycles. The first-order valence-corrected chi connectivity index (χ1v) is 13.9. The fourth-order valence-electron chi connectivity index (χ4n) is 3.74. The van der Waals surface area contributed by atoms with Crippen LogP contribution in [0.15, 0.2) is 60.7 Å². The van der Waals surface area contributed by atoms with Crippen molar-refractivity contribution in [2.24, 2.45) is 0 Å². The fraction of sp³-hybridized carbons (Fsp3) is 0.188. The first-order chi connectivity index (χ1) is 23.7. The van der Waals surface area contributed by atoms with Crippen molar-refractivity contribution in [3.63, 3.8) is 0 Å². The lowest BCUT2D eigenvalue weighted by atomic mass is 10.0. The van der Waals surface area contributed by atoms with Crippen molar-refractivity contribution in [1.29, 1.82) is 0 Å². The van der Waals surface area contributed by atoms with E-state index in [4.69, 9.17) is 40.1 Å². The molecule has 50 heavy (non-hydrogen) atoms. The molecule has 0 amide bonds. The van der Waals surface area contributed by atoms with Crippen molar-refractivity contribution in [1.82, 2.24) is 0 Å². The molecular formula is C32H28O18. The highest BCUT2D eigenvalue weighted by Gasteiger charge is 2.28. The molecule has 0 bridgehead atoms. The number of carbonyl (C=O) groups excluding carboxylic acids is 4. The van der Waals surface area contributed by atoms with Gasteiger partial charge >= 0.3 is 47.8 Å². The van der Waals surface area contributed by atoms with E-state index in [0.29, 0.717) is 49.7 Å². The van der Waals surface area contributed by atoms with Gasteiger partial charge in [-0.05, 0) is 48.5 Å². The zero-order chi connectivity index (χ0) is 37.4. The monoisotopic (exact) mass is 700 g/mol. The number of cyclic esters (lactones) is 2. The molecule has 4 rings (SSSR count). The third-order valence-corrected chi connectivity index (χ3v) is 6.01. The molecule has 3 aromatic carbocycles. The Labute approximate surface area is 280 Å². The van der Waals surface area contributed by atoms with Crippen molar-refractivity contribution in [2.45, 2.75) is 0 Å². The first-order valence-electron chi connectivity index (χ1n) is 13.9. The molecule has 0 saturated heterocycles. The van der Waals surface area contributed by atoms with E-state index in [9.17, 15) is 38.4 Å². The van der Waals surface area contributed by atoms with Gasteiger partial charge in [0.25, 0.3) is 0 Å². The third-order valence-electron chi connectivity index (χ3n) is 6.01. The first kappa shape index (κ1) is 39.8. The highest BCUT2D eigenvalue weighted by atomic mass is 16.6. The molecule has 0 fully saturated rings. The van der Waals surface area contributed by atoms with Crippen LogP contribution in [0.3, 0.4) is 0 Å². The second-order valence-electron chi connectivity index (χ2n) is 9.31. The smallest absolute Gasteiger partial charge is 0.346 e. The molecule has 18 heteroatoms. The van der Waals surface area contributed by atoms with Crippen LogP contribution in [0.5, 0.6) is 0 Å². The van der Waals surface area contributed by atoms with E-state index in [-0.39, 0.29) is 13.2 Å². The summed E-state index contributed by atoms with van der Waals surface area (Å²) in [7, 11) is 0. The van der Waals surface area contributed by atoms with Crippen LogP contribution in [0.4, 0.5) is 0 Å². The van der Waals surface area contributed by atoms with Crippen LogP contribution in [0.2, 0.25) is 0 Å². The van der Waals surface area contributed by atoms with Gasteiger partial charge in [0.15, 0.2) is 0 Å². The van der Waals surface area contributed by atoms with E-state index in [1.807, 2.05) is 0 Å². The van der Waals surface area contributed by atoms with Crippen molar-refractivity contribution in [3.8, 4) is 0 Å². The van der Waals surface area contributed by atoms with Gasteiger partial charge in [0.2, 0.25) is 0 Å². The quantitative estimate of drug-likeness (QED) is 0.0835. The number of aliphatic hydroxyl groups is 2. The molecule has 0 spiro atoms. The molecule has 0 saturated carbocycles. The molecule has 1 aliphatic rings. The summed E-state index contributed by atoms with van der Waals surface area (Å²) in [6.45, 7) is 1.73. The maximum absolute atomic E-state index is 12.2. The molecular weight excluding hydrogens is 672 g/mol. The molecule has 6 N–H and O–H groups in total. The predicted octanol–water partition coefficient (Wildman–Crippen LogP) is 1.48. The second kappa shape index (κ2) is 19.5. The number of carbonyl (C=O) groups is 8. The summed E-state index contributed by atoms with van der Waals surface area (Å²) in [6, 6.07) is 11.4. The Morgan fingerprint density at radius 1 is 0.520 bits per heavy atom. The standard InChI is InChI=1S/C18H10O11.C8H4O3.C6H14O4/c19-13(20)7-1-3-9(11(5-7)15(23)24)17(27)29-18(28)10-4-2-8(14(21)22)6-12(10)16(25)26;9-7-5-3-1-2-4-6(5)8(10)11-7;7-1-3-9-5-6-10-4-2-8/h1-6H,(H,19,20)(H,21,22)(H,23,24)(H,25,26);1-4H;7-8H,1-6H2. The number of hydrogen-bond acceptors (Lipinski definition) is 14. The van der Waals surface area contributed by atoms with E-state index in [1.54, 1.807) is 24.3 Å². The minimum absolute atomic E-state index is 0.0417. The Morgan fingerprint density at radius 2 is 0.900 bits per heavy atom. The lowest BCUT2D eigenvalue weighted by molar-refractivity contribution is 0.0222. The number of aliphatic hydroxyl groups excluding tert-OH is 2. The lowest BCUT2D eigenvalue weighted by Crippen LogP contribution is -2.19. The Bertz CT molecular complexity index is 1650. The topological polar surface area (TPSA) is 295 Å². The van der Waals surface area contributed by atoms with Gasteiger partial charge in [-0.25, -0.2) is 38.4 Å². The van der Waals surface area contributed by atoms with E-state index in [1.165, 1.54) is 0 Å². The van der Waals surface area contributed by atoms with Crippen LogP contribution >= 0.6 is 0 Å². The largest absolute Gasteiger partial charge is 0.478 e. The normalized spacial score (nSPS) is 11.1. The Hall–Kier alpha value is -6.34. The average Bonchev–Trinajstić information content (AvgIpc) is 3.38. The van der Waals surface area contributed by atoms with Gasteiger partial charge in [0.05, 0.1) is 84.1 Å². The Morgan fingerprint density at radius 3 is 1.22 bits per heavy atom. The zero-order valence-electron chi connectivity index (χ0n) is 25.6. The number of benzene rings is 3. The van der Waals surface area contributed by atoms with Crippen LogP contribution in [0.1, 0.15) is 82.9 Å². The number of esters is 4. The van der Waals surface area contributed by atoms with Crippen molar-refractivity contribution in [3.05, 3.63) is 105 Å². The van der Waals surface area contributed by atoms with Crippen molar-refractivity contribution >= 4 is 47.8 Å². The Balaban J connectivity index is 0.000000333. The number of carboxylic acids is 4. The fourth-order valence-corrected chi connectivity index (χ4v) is 3.74. The molecule has 0 unspecified atom stereocenters. The van der Waals surface area contributed by atoms with Crippen LogP contribution in [-0.4, -0.2) is 118 Å². The summed E-state index contributed by atoms with van der Waals surface area (Å²) in [4.78, 5) is 90.5. The molecule has 0 atom stereocenters. The molecule has 0 radical (unpaired) electrons. The van der Waals surface area contributed by atoms with Crippen LogP contribution in [0.25, 0.3) is 0 Å². The van der Waals surface area contributed by atoms with Gasteiger partial charge in [-0.1, -0.05) is 12.1 Å². The van der Waals surface area contributed by atoms with Crippen LogP contribution < -0.4 is 0 Å². The van der Waals surface area contributed by atoms with E-state index in [0.717, 1.165) is 24.3 Å². The highest BCUT2D eigenvalue weighted by molar-refractivity contribution is 6.14. The Kier molecular flexibility index (Phi) is 15.5.